The molecule has 1 saturated carbocycles. The fraction of sp³-hybridized carbons (Fsp3) is 0.538. The third-order valence-corrected chi connectivity index (χ3v) is 4.12. The lowest BCUT2D eigenvalue weighted by Gasteiger charge is -2.30. The van der Waals surface area contributed by atoms with Gasteiger partial charge in [0.05, 0.1) is 0 Å². The van der Waals surface area contributed by atoms with Gasteiger partial charge in [-0.1, -0.05) is 36.6 Å². The molecule has 0 saturated heterocycles. The van der Waals surface area contributed by atoms with E-state index in [1.54, 1.807) is 12.1 Å². The summed E-state index contributed by atoms with van der Waals surface area (Å²) in [5, 5.41) is 0.150. The summed E-state index contributed by atoms with van der Waals surface area (Å²) in [7, 11) is 0. The second-order valence-electron chi connectivity index (χ2n) is 4.69. The molecule has 2 N–H and O–H groups in total. The van der Waals surface area contributed by atoms with E-state index in [1.807, 2.05) is 0 Å². The summed E-state index contributed by atoms with van der Waals surface area (Å²) in [5.41, 5.74) is 6.16. The first-order valence-corrected chi connectivity index (χ1v) is 6.25. The average Bonchev–Trinajstić information content (AvgIpc) is 2.77. The van der Waals surface area contributed by atoms with Crippen molar-refractivity contribution in [2.45, 2.75) is 37.5 Å². The van der Waals surface area contributed by atoms with Gasteiger partial charge < -0.3 is 5.73 Å². The van der Waals surface area contributed by atoms with Gasteiger partial charge in [-0.2, -0.15) is 0 Å². The Morgan fingerprint density at radius 3 is 2.47 bits per heavy atom. The van der Waals surface area contributed by atoms with Gasteiger partial charge in [0.2, 0.25) is 0 Å². The van der Waals surface area contributed by atoms with Crippen molar-refractivity contribution >= 4 is 11.6 Å². The fourth-order valence-electron chi connectivity index (χ4n) is 2.86. The van der Waals surface area contributed by atoms with Crippen LogP contribution in [-0.2, 0) is 5.41 Å². The highest BCUT2D eigenvalue weighted by molar-refractivity contribution is 6.31. The summed E-state index contributed by atoms with van der Waals surface area (Å²) < 4.78 is 26.2. The molecule has 1 fully saturated rings. The van der Waals surface area contributed by atoms with Crippen LogP contribution in [0.5, 0.6) is 0 Å². The minimum Gasteiger partial charge on any atom is -0.330 e. The zero-order chi connectivity index (χ0) is 12.5. The van der Waals surface area contributed by atoms with Crippen molar-refractivity contribution in [3.63, 3.8) is 0 Å². The van der Waals surface area contributed by atoms with Gasteiger partial charge in [0.15, 0.2) is 0 Å². The zero-order valence-corrected chi connectivity index (χ0v) is 10.3. The molecule has 17 heavy (non-hydrogen) atoms. The Kier molecular flexibility index (Phi) is 3.69. The molecule has 0 heterocycles. The fourth-order valence-corrected chi connectivity index (χ4v) is 3.11. The number of benzene rings is 1. The van der Waals surface area contributed by atoms with Crippen LogP contribution in [0.3, 0.4) is 0 Å². The topological polar surface area (TPSA) is 26.0 Å². The van der Waals surface area contributed by atoms with Gasteiger partial charge >= 0.3 is 0 Å². The molecule has 1 aromatic carbocycles. The molecule has 0 radical (unpaired) electrons. The van der Waals surface area contributed by atoms with E-state index in [0.29, 0.717) is 12.1 Å². The van der Waals surface area contributed by atoms with Crippen molar-refractivity contribution < 1.29 is 8.78 Å². The van der Waals surface area contributed by atoms with Crippen molar-refractivity contribution in [2.24, 2.45) is 5.73 Å². The van der Waals surface area contributed by atoms with Crippen LogP contribution in [0.25, 0.3) is 0 Å². The number of hydrogen-bond acceptors (Lipinski definition) is 1. The first-order chi connectivity index (χ1) is 8.10. The molecule has 0 spiro atoms. The highest BCUT2D eigenvalue weighted by atomic mass is 35.5. The Labute approximate surface area is 105 Å². The van der Waals surface area contributed by atoms with Crippen LogP contribution in [0.4, 0.5) is 8.78 Å². The summed E-state index contributed by atoms with van der Waals surface area (Å²) in [6.45, 7) is 0.410. The van der Waals surface area contributed by atoms with Gasteiger partial charge in [-0.05, 0) is 24.5 Å². The Morgan fingerprint density at radius 1 is 1.29 bits per heavy atom. The molecular weight excluding hydrogens is 244 g/mol. The summed E-state index contributed by atoms with van der Waals surface area (Å²) in [4.78, 5) is 0. The third-order valence-electron chi connectivity index (χ3n) is 3.79. The first kappa shape index (κ1) is 12.8. The average molecular weight is 260 g/mol. The summed E-state index contributed by atoms with van der Waals surface area (Å²) in [5.74, 6) is 0. The van der Waals surface area contributed by atoms with Crippen LogP contribution in [0, 0.1) is 0 Å². The van der Waals surface area contributed by atoms with Crippen LogP contribution in [0.2, 0.25) is 5.02 Å². The normalized spacial score (nSPS) is 18.9. The molecule has 0 unspecified atom stereocenters. The summed E-state index contributed by atoms with van der Waals surface area (Å²) in [6.07, 6.45) is 1.31. The first-order valence-electron chi connectivity index (χ1n) is 5.88. The number of hydrogen-bond donors (Lipinski definition) is 1. The number of rotatable bonds is 3. The zero-order valence-electron chi connectivity index (χ0n) is 9.56. The van der Waals surface area contributed by atoms with Crippen LogP contribution >= 0.6 is 11.6 Å². The van der Waals surface area contributed by atoms with E-state index < -0.39 is 6.43 Å². The molecule has 0 bridgehead atoms. The van der Waals surface area contributed by atoms with Crippen LogP contribution < -0.4 is 5.73 Å². The molecular formula is C13H16ClF2N. The Balaban J connectivity index is 2.54. The predicted octanol–water partition coefficient (Wildman–Crippen LogP) is 4.05. The molecule has 1 nitrogen and oxygen atoms in total. The molecule has 0 atom stereocenters. The van der Waals surface area contributed by atoms with E-state index in [-0.39, 0.29) is 16.0 Å². The molecule has 4 heteroatoms. The van der Waals surface area contributed by atoms with E-state index in [1.165, 1.54) is 6.07 Å². The quantitative estimate of drug-likeness (QED) is 0.871. The van der Waals surface area contributed by atoms with E-state index in [2.05, 4.69) is 0 Å². The summed E-state index contributed by atoms with van der Waals surface area (Å²) in [6, 6.07) is 5.01. The van der Waals surface area contributed by atoms with Gasteiger partial charge in [0, 0.05) is 22.5 Å². The molecule has 0 amide bonds. The van der Waals surface area contributed by atoms with Gasteiger partial charge in [-0.15, -0.1) is 0 Å². The van der Waals surface area contributed by atoms with Gasteiger partial charge in [0.1, 0.15) is 0 Å². The minimum absolute atomic E-state index is 0.0264. The molecule has 0 aliphatic heterocycles. The largest absolute Gasteiger partial charge is 0.330 e. The van der Waals surface area contributed by atoms with Crippen molar-refractivity contribution in [3.8, 4) is 0 Å². The summed E-state index contributed by atoms with van der Waals surface area (Å²) >= 11 is 5.90. The van der Waals surface area contributed by atoms with Gasteiger partial charge in [-0.3, -0.25) is 0 Å². The standard InChI is InChI=1S/C13H16ClF2N/c14-10-5-3-4-9(11(10)12(15)16)13(8-17)6-1-2-7-13/h3-5,12H,1-2,6-8,17H2. The van der Waals surface area contributed by atoms with Gasteiger partial charge in [-0.25, -0.2) is 8.78 Å². The maximum absolute atomic E-state index is 13.1. The minimum atomic E-state index is -2.54. The Hall–Kier alpha value is -0.670. The van der Waals surface area contributed by atoms with E-state index in [9.17, 15) is 8.78 Å². The van der Waals surface area contributed by atoms with Gasteiger partial charge in [0.25, 0.3) is 6.43 Å². The molecule has 0 aromatic heterocycles. The van der Waals surface area contributed by atoms with Crippen LogP contribution in [0.1, 0.15) is 43.2 Å². The van der Waals surface area contributed by atoms with E-state index >= 15 is 0 Å². The number of alkyl halides is 2. The highest BCUT2D eigenvalue weighted by Gasteiger charge is 2.37. The lowest BCUT2D eigenvalue weighted by atomic mass is 9.77. The van der Waals surface area contributed by atoms with E-state index in [0.717, 1.165) is 25.7 Å². The smallest absolute Gasteiger partial charge is 0.265 e. The SMILES string of the molecule is NCC1(c2cccc(Cl)c2C(F)F)CCCC1. The lowest BCUT2D eigenvalue weighted by molar-refractivity contribution is 0.148. The van der Waals surface area contributed by atoms with Crippen LogP contribution in [-0.4, -0.2) is 6.54 Å². The second-order valence-corrected chi connectivity index (χ2v) is 5.10. The molecule has 1 aromatic rings. The predicted molar refractivity (Wildman–Crippen MR) is 65.6 cm³/mol. The van der Waals surface area contributed by atoms with Crippen LogP contribution in [0.15, 0.2) is 18.2 Å². The number of halogens is 3. The van der Waals surface area contributed by atoms with E-state index in [4.69, 9.17) is 17.3 Å². The number of nitrogens with two attached hydrogens (primary N) is 1. The Bertz CT molecular complexity index is 400. The van der Waals surface area contributed by atoms with Crippen molar-refractivity contribution in [3.05, 3.63) is 34.3 Å². The molecule has 1 aliphatic carbocycles. The maximum Gasteiger partial charge on any atom is 0.265 e. The Morgan fingerprint density at radius 2 is 1.94 bits per heavy atom. The third kappa shape index (κ3) is 2.18. The van der Waals surface area contributed by atoms with Crippen molar-refractivity contribution in [1.29, 1.82) is 0 Å². The highest BCUT2D eigenvalue weighted by Crippen LogP contribution is 2.45. The van der Waals surface area contributed by atoms with Crippen molar-refractivity contribution in [1.82, 2.24) is 0 Å². The molecule has 2 rings (SSSR count). The monoisotopic (exact) mass is 259 g/mol. The second kappa shape index (κ2) is 4.91. The maximum atomic E-state index is 13.1. The molecule has 1 aliphatic rings. The molecule has 94 valence electrons. The lowest BCUT2D eigenvalue weighted by Crippen LogP contribution is -2.33. The van der Waals surface area contributed by atoms with Crippen molar-refractivity contribution in [2.75, 3.05) is 6.54 Å².